The third kappa shape index (κ3) is 2.98. The van der Waals surface area contributed by atoms with Crippen molar-refractivity contribution < 1.29 is 14.3 Å². The first-order valence-electron chi connectivity index (χ1n) is 8.60. The molecule has 3 nitrogen and oxygen atoms in total. The fraction of sp³-hybridized carbons (Fsp3) is 0.579. The number of carbonyl (C=O) groups excluding carboxylic acids is 2. The maximum Gasteiger partial charge on any atom is 0.317 e. The quantitative estimate of drug-likeness (QED) is 0.274. The highest BCUT2D eigenvalue weighted by Gasteiger charge is 2.55. The number of Topliss-reactive ketones (excluding diaryl/α,β-unsaturated/α-hetero) is 1. The van der Waals surface area contributed by atoms with Crippen molar-refractivity contribution in [1.82, 2.24) is 0 Å². The van der Waals surface area contributed by atoms with Crippen LogP contribution in [0.5, 0.6) is 5.75 Å². The number of benzene rings is 1. The van der Waals surface area contributed by atoms with Crippen LogP contribution in [-0.2, 0) is 4.79 Å². The van der Waals surface area contributed by atoms with Crippen molar-refractivity contribution in [3.63, 3.8) is 0 Å². The summed E-state index contributed by atoms with van der Waals surface area (Å²) >= 11 is 6.44. The molecule has 0 unspecified atom stereocenters. The van der Waals surface area contributed by atoms with E-state index in [1.54, 1.807) is 24.3 Å². The third-order valence-corrected chi connectivity index (χ3v) is 6.83. The van der Waals surface area contributed by atoms with Crippen molar-refractivity contribution in [1.29, 1.82) is 0 Å². The normalized spacial score (nSPS) is 33.7. The number of alkyl halides is 2. The first kappa shape index (κ1) is 16.8. The van der Waals surface area contributed by atoms with E-state index < -0.39 is 3.74 Å². The Morgan fingerprint density at radius 3 is 2.17 bits per heavy atom. The van der Waals surface area contributed by atoms with E-state index in [1.807, 2.05) is 0 Å². The van der Waals surface area contributed by atoms with Gasteiger partial charge in [-0.3, -0.25) is 9.59 Å². The Morgan fingerprint density at radius 1 is 1.04 bits per heavy atom. The summed E-state index contributed by atoms with van der Waals surface area (Å²) < 4.78 is 5.32. The molecule has 0 saturated heterocycles. The van der Waals surface area contributed by atoms with Crippen LogP contribution in [0.4, 0.5) is 0 Å². The molecule has 4 saturated carbocycles. The number of ketones is 1. The number of hydrogen-bond acceptors (Lipinski definition) is 3. The number of ether oxygens (including phenoxy) is 1. The lowest BCUT2D eigenvalue weighted by molar-refractivity contribution is -0.161. The lowest BCUT2D eigenvalue weighted by atomic mass is 9.49. The molecule has 0 amide bonds. The smallest absolute Gasteiger partial charge is 0.317 e. The summed E-state index contributed by atoms with van der Waals surface area (Å²) in [7, 11) is 0. The van der Waals surface area contributed by atoms with Gasteiger partial charge in [0.1, 0.15) is 9.49 Å². The molecule has 5 rings (SSSR count). The van der Waals surface area contributed by atoms with Crippen molar-refractivity contribution in [3.8, 4) is 5.75 Å². The van der Waals surface area contributed by atoms with Crippen LogP contribution in [-0.4, -0.2) is 15.5 Å². The number of halogens is 2. The second-order valence-electron chi connectivity index (χ2n) is 7.78. The summed E-state index contributed by atoms with van der Waals surface area (Å²) in [5.74, 6) is 2.43. The molecular formula is C19H20Br2O3. The lowest BCUT2D eigenvalue weighted by Gasteiger charge is -2.55. The predicted molar refractivity (Wildman–Crippen MR) is 98.7 cm³/mol. The monoisotopic (exact) mass is 454 g/mol. The van der Waals surface area contributed by atoms with Crippen molar-refractivity contribution >= 4 is 43.6 Å². The average Bonchev–Trinajstić information content (AvgIpc) is 2.53. The molecule has 1 aromatic rings. The van der Waals surface area contributed by atoms with Crippen LogP contribution in [0.15, 0.2) is 24.3 Å². The summed E-state index contributed by atoms with van der Waals surface area (Å²) in [6.45, 7) is 0. The van der Waals surface area contributed by atoms with E-state index in [9.17, 15) is 9.59 Å². The highest BCUT2D eigenvalue weighted by atomic mass is 79.9. The zero-order chi connectivity index (χ0) is 16.9. The van der Waals surface area contributed by atoms with Crippen LogP contribution >= 0.6 is 31.9 Å². The van der Waals surface area contributed by atoms with Gasteiger partial charge < -0.3 is 4.74 Å². The van der Waals surface area contributed by atoms with E-state index in [0.717, 1.165) is 19.3 Å². The lowest BCUT2D eigenvalue weighted by Crippen LogP contribution is -2.51. The van der Waals surface area contributed by atoms with E-state index in [0.29, 0.717) is 29.1 Å². The van der Waals surface area contributed by atoms with Crippen molar-refractivity contribution in [2.24, 2.45) is 23.2 Å². The number of rotatable bonds is 4. The molecule has 24 heavy (non-hydrogen) atoms. The minimum absolute atomic E-state index is 0.0808. The maximum atomic E-state index is 13.0. The Hall–Kier alpha value is -0.680. The Kier molecular flexibility index (Phi) is 4.36. The summed E-state index contributed by atoms with van der Waals surface area (Å²) in [5, 5.41) is 0. The number of carbonyl (C=O) groups is 2. The van der Waals surface area contributed by atoms with Gasteiger partial charge in [0.05, 0.1) is 5.41 Å². The predicted octanol–water partition coefficient (Wildman–Crippen LogP) is 5.11. The maximum absolute atomic E-state index is 13.0. The summed E-state index contributed by atoms with van der Waals surface area (Å²) in [6.07, 6.45) is 6.86. The van der Waals surface area contributed by atoms with Crippen LogP contribution in [0.3, 0.4) is 0 Å². The van der Waals surface area contributed by atoms with Crippen LogP contribution in [0, 0.1) is 23.2 Å². The van der Waals surface area contributed by atoms with Gasteiger partial charge in [-0.1, -0.05) is 44.0 Å². The van der Waals surface area contributed by atoms with Gasteiger partial charge in [0.25, 0.3) is 0 Å². The van der Waals surface area contributed by atoms with Gasteiger partial charge >= 0.3 is 5.97 Å². The average molecular weight is 456 g/mol. The molecule has 4 fully saturated rings. The molecule has 0 radical (unpaired) electrons. The zero-order valence-corrected chi connectivity index (χ0v) is 16.5. The van der Waals surface area contributed by atoms with Crippen LogP contribution < -0.4 is 4.74 Å². The second-order valence-corrected chi connectivity index (χ2v) is 10.8. The van der Waals surface area contributed by atoms with Crippen LogP contribution in [0.2, 0.25) is 0 Å². The van der Waals surface area contributed by atoms with Gasteiger partial charge in [0.2, 0.25) is 0 Å². The molecule has 0 aromatic heterocycles. The van der Waals surface area contributed by atoms with Gasteiger partial charge in [0.15, 0.2) is 5.78 Å². The van der Waals surface area contributed by atoms with Crippen molar-refractivity contribution in [2.45, 2.75) is 42.3 Å². The molecule has 0 atom stereocenters. The summed E-state index contributed by atoms with van der Waals surface area (Å²) in [4.78, 5) is 25.0. The van der Waals surface area contributed by atoms with E-state index in [-0.39, 0.29) is 17.2 Å². The standard InChI is InChI=1S/C19H20Br2O3/c20-17(21)16(22)14-2-1-3-15(7-14)24-18(23)19-8-11-4-12(9-19)6-13(5-11)10-19/h1-3,7,11-13,17H,4-6,8-10H2. The molecule has 0 aliphatic heterocycles. The number of hydrogen-bond donors (Lipinski definition) is 0. The van der Waals surface area contributed by atoms with Crippen molar-refractivity contribution in [2.75, 3.05) is 0 Å². The van der Waals surface area contributed by atoms with E-state index in [2.05, 4.69) is 31.9 Å². The van der Waals surface area contributed by atoms with E-state index in [4.69, 9.17) is 4.74 Å². The Balaban J connectivity index is 1.52. The molecule has 5 heteroatoms. The first-order valence-corrected chi connectivity index (χ1v) is 10.4. The molecule has 0 N–H and O–H groups in total. The van der Waals surface area contributed by atoms with Crippen molar-refractivity contribution in [3.05, 3.63) is 29.8 Å². The third-order valence-electron chi connectivity index (χ3n) is 6.00. The molecular weight excluding hydrogens is 436 g/mol. The summed E-state index contributed by atoms with van der Waals surface area (Å²) in [5.41, 5.74) is 0.256. The van der Waals surface area contributed by atoms with E-state index >= 15 is 0 Å². The zero-order valence-electron chi connectivity index (χ0n) is 13.3. The fourth-order valence-electron chi connectivity index (χ4n) is 5.41. The Labute approximate surface area is 158 Å². The van der Waals surface area contributed by atoms with Gasteiger partial charge in [-0.25, -0.2) is 0 Å². The molecule has 4 aliphatic carbocycles. The number of esters is 1. The molecule has 4 aliphatic rings. The molecule has 0 heterocycles. The molecule has 1 aromatic carbocycles. The SMILES string of the molecule is O=C(c1cccc(OC(=O)C23CC4CC(CC(C4)C2)C3)c1)C(Br)Br. The highest BCUT2D eigenvalue weighted by Crippen LogP contribution is 2.60. The van der Waals surface area contributed by atoms with E-state index in [1.165, 1.54) is 19.3 Å². The van der Waals surface area contributed by atoms with Gasteiger partial charge in [-0.15, -0.1) is 0 Å². The Morgan fingerprint density at radius 2 is 1.62 bits per heavy atom. The molecule has 0 spiro atoms. The highest BCUT2D eigenvalue weighted by molar-refractivity contribution is 9.25. The fourth-order valence-corrected chi connectivity index (χ4v) is 5.94. The first-order chi connectivity index (χ1) is 11.4. The van der Waals surface area contributed by atoms with Crippen LogP contribution in [0.1, 0.15) is 48.9 Å². The second kappa shape index (κ2) is 6.24. The largest absolute Gasteiger partial charge is 0.426 e. The summed E-state index contributed by atoms with van der Waals surface area (Å²) in [6, 6.07) is 6.92. The minimum atomic E-state index is -0.431. The molecule has 128 valence electrons. The van der Waals surface area contributed by atoms with Gasteiger partial charge in [-0.05, 0) is 68.4 Å². The van der Waals surface area contributed by atoms with Gasteiger partial charge in [-0.2, -0.15) is 0 Å². The topological polar surface area (TPSA) is 43.4 Å². The molecule has 4 bridgehead atoms. The van der Waals surface area contributed by atoms with Gasteiger partial charge in [0, 0.05) is 5.56 Å². The minimum Gasteiger partial charge on any atom is -0.426 e. The Bertz CT molecular complexity index is 648. The van der Waals surface area contributed by atoms with Crippen LogP contribution in [0.25, 0.3) is 0 Å².